The minimum absolute atomic E-state index is 0.192. The van der Waals surface area contributed by atoms with Crippen LogP contribution in [-0.2, 0) is 53.5 Å². The van der Waals surface area contributed by atoms with Crippen LogP contribution in [0.4, 0.5) is 0 Å². The maximum Gasteiger partial charge on any atom is 0.322 e. The zero-order valence-electron chi connectivity index (χ0n) is 16.2. The van der Waals surface area contributed by atoms with E-state index in [0.29, 0.717) is 12.2 Å². The van der Waals surface area contributed by atoms with Crippen molar-refractivity contribution in [2.75, 3.05) is 24.3 Å². The van der Waals surface area contributed by atoms with Crippen molar-refractivity contribution in [1.29, 1.82) is 0 Å². The van der Waals surface area contributed by atoms with Gasteiger partial charge in [0, 0.05) is 12.2 Å². The van der Waals surface area contributed by atoms with Crippen molar-refractivity contribution < 1.29 is 34.2 Å². The minimum atomic E-state index is -2.91. The van der Waals surface area contributed by atoms with E-state index in [0.717, 1.165) is 0 Å². The minimum Gasteiger partial charge on any atom is -0.480 e. The number of hydrogen-bond donors (Lipinski definition) is 6. The van der Waals surface area contributed by atoms with Crippen molar-refractivity contribution in [3.8, 4) is 0 Å². The number of nitrogens with two attached hydrogens (primary N) is 2. The van der Waals surface area contributed by atoms with E-state index in [-0.39, 0.29) is 12.8 Å². The Morgan fingerprint density at radius 3 is 2.17 bits per heavy atom. The second-order valence-corrected chi connectivity index (χ2v) is 13.2. The van der Waals surface area contributed by atoms with Crippen molar-refractivity contribution in [1.82, 2.24) is 10.6 Å². The molecule has 3 atom stereocenters. The van der Waals surface area contributed by atoms with Crippen LogP contribution in [0.5, 0.6) is 0 Å². The van der Waals surface area contributed by atoms with Crippen molar-refractivity contribution in [3.63, 3.8) is 0 Å². The summed E-state index contributed by atoms with van der Waals surface area (Å²) in [4.78, 5) is 58.4. The highest BCUT2D eigenvalue weighted by molar-refractivity contribution is 8.63. The Kier molecular flexibility index (Phi) is 13.2. The highest BCUT2D eigenvalue weighted by Crippen LogP contribution is 2.08. The predicted molar refractivity (Wildman–Crippen MR) is 120 cm³/mol. The number of carboxylic acids is 2. The number of rotatable bonds is 14. The summed E-state index contributed by atoms with van der Waals surface area (Å²) in [6.45, 7) is -0.715. The highest BCUT2D eigenvalue weighted by atomic mass is 33.1. The van der Waals surface area contributed by atoms with Crippen LogP contribution < -0.4 is 22.1 Å². The Balaban J connectivity index is 5.31. The molecule has 0 aromatic heterocycles. The number of aliphatic carboxylic acids is 2. The summed E-state index contributed by atoms with van der Waals surface area (Å²) in [5.74, 6) is -4.00. The average molecular weight is 503 g/mol. The molecule has 0 aromatic carbocycles. The van der Waals surface area contributed by atoms with Gasteiger partial charge < -0.3 is 32.3 Å². The summed E-state index contributed by atoms with van der Waals surface area (Å²) in [7, 11) is -2.91. The number of thioether (sulfide) groups is 1. The molecular formula is C15H26N4O7S4. The average Bonchev–Trinajstić information content (AvgIpc) is 2.66. The normalized spacial score (nSPS) is 14.2. The Bertz CT molecular complexity index is 760. The van der Waals surface area contributed by atoms with Gasteiger partial charge in [-0.15, -0.1) is 0 Å². The first kappa shape index (κ1) is 28.6. The molecule has 11 nitrogen and oxygen atoms in total. The lowest BCUT2D eigenvalue weighted by atomic mass is 10.1. The van der Waals surface area contributed by atoms with Crippen molar-refractivity contribution in [2.45, 2.75) is 37.4 Å². The second-order valence-electron chi connectivity index (χ2n) is 6.20. The first-order chi connectivity index (χ1) is 13.8. The zero-order chi connectivity index (χ0) is 23.5. The molecule has 2 amide bonds. The number of carbonyl (C=O) groups is 5. The van der Waals surface area contributed by atoms with E-state index in [1.165, 1.54) is 11.8 Å². The molecular weight excluding hydrogens is 476 g/mol. The zero-order valence-corrected chi connectivity index (χ0v) is 19.5. The van der Waals surface area contributed by atoms with Crippen molar-refractivity contribution >= 4 is 70.2 Å². The number of nitrogens with one attached hydrogen (secondary N) is 2. The lowest BCUT2D eigenvalue weighted by Crippen LogP contribution is -2.52. The van der Waals surface area contributed by atoms with Crippen LogP contribution in [0.1, 0.15) is 19.3 Å². The maximum atomic E-state index is 12.5. The van der Waals surface area contributed by atoms with E-state index < -0.39 is 66.4 Å². The molecule has 0 spiro atoms. The Morgan fingerprint density at radius 1 is 1.07 bits per heavy atom. The molecule has 0 saturated heterocycles. The van der Waals surface area contributed by atoms with E-state index in [1.807, 2.05) is 6.26 Å². The molecule has 15 heteroatoms. The van der Waals surface area contributed by atoms with Crippen LogP contribution in [0.25, 0.3) is 0 Å². The fourth-order valence-corrected chi connectivity index (χ4v) is 5.50. The second kappa shape index (κ2) is 13.8. The topological polar surface area (TPSA) is 202 Å². The van der Waals surface area contributed by atoms with Gasteiger partial charge in [0.25, 0.3) is 0 Å². The van der Waals surface area contributed by atoms with Crippen LogP contribution in [0.2, 0.25) is 0 Å². The van der Waals surface area contributed by atoms with Gasteiger partial charge in [-0.1, -0.05) is 0 Å². The van der Waals surface area contributed by atoms with Gasteiger partial charge in [-0.3, -0.25) is 24.0 Å². The fraction of sp³-hybridized carbons (Fsp3) is 0.667. The lowest BCUT2D eigenvalue weighted by Gasteiger charge is -2.22. The van der Waals surface area contributed by atoms with E-state index >= 15 is 0 Å². The summed E-state index contributed by atoms with van der Waals surface area (Å²) in [5, 5.41) is 21.3. The van der Waals surface area contributed by atoms with Gasteiger partial charge in [0.1, 0.15) is 18.6 Å². The third kappa shape index (κ3) is 11.1. The number of amides is 2. The summed E-state index contributed by atoms with van der Waals surface area (Å²) < 4.78 is 0. The van der Waals surface area contributed by atoms with E-state index in [1.54, 1.807) is 0 Å². The fourth-order valence-electron chi connectivity index (χ4n) is 2.04. The molecule has 172 valence electrons. The quantitative estimate of drug-likeness (QED) is 0.147. The molecule has 0 bridgehead atoms. The van der Waals surface area contributed by atoms with Crippen LogP contribution in [-0.4, -0.2) is 81.5 Å². The van der Waals surface area contributed by atoms with Crippen molar-refractivity contribution in [3.05, 3.63) is 0 Å². The molecule has 8 N–H and O–H groups in total. The van der Waals surface area contributed by atoms with E-state index in [2.05, 4.69) is 10.6 Å². The van der Waals surface area contributed by atoms with Gasteiger partial charge in [-0.25, -0.2) is 0 Å². The summed E-state index contributed by atoms with van der Waals surface area (Å²) in [6.07, 6.45) is 1.68. The largest absolute Gasteiger partial charge is 0.480 e. The molecule has 30 heavy (non-hydrogen) atoms. The lowest BCUT2D eigenvalue weighted by molar-refractivity contribution is -0.139. The van der Waals surface area contributed by atoms with E-state index in [9.17, 15) is 24.0 Å². The summed E-state index contributed by atoms with van der Waals surface area (Å²) >= 11 is 12.0. The molecule has 2 unspecified atom stereocenters. The molecule has 0 aliphatic carbocycles. The van der Waals surface area contributed by atoms with E-state index in [4.69, 9.17) is 44.1 Å². The van der Waals surface area contributed by atoms with Gasteiger partial charge >= 0.3 is 11.9 Å². The molecule has 0 radical (unpaired) electrons. The molecule has 0 aliphatic heterocycles. The smallest absolute Gasteiger partial charge is 0.322 e. The molecule has 0 fully saturated rings. The van der Waals surface area contributed by atoms with Gasteiger partial charge in [0.05, 0.1) is 6.04 Å². The van der Waals surface area contributed by atoms with Gasteiger partial charge in [0.15, 0.2) is 0 Å². The first-order valence-electron chi connectivity index (χ1n) is 8.60. The standard InChI is InChI=1S/C15H26N4O7S4/c1-29-5-4-9(17)15(26)30(27,28)7-10(13(23)18-6-12(21)22)19-11(20)3-2-8(16)14(24)25/h8-10H,2-7,16-17H2,1H3,(H,18,23)(H,19,20)(H,21,22)(H,24,25)/t8?,9-,10?/m0/s1. The van der Waals surface area contributed by atoms with Crippen LogP contribution in [0, 0.1) is 0 Å². The van der Waals surface area contributed by atoms with Gasteiger partial charge in [-0.05, 0) is 54.4 Å². The van der Waals surface area contributed by atoms with Crippen LogP contribution >= 0.6 is 11.8 Å². The Hall–Kier alpha value is -1.39. The maximum absolute atomic E-state index is 12.5. The monoisotopic (exact) mass is 502 g/mol. The molecule has 0 aromatic rings. The molecule has 0 aliphatic rings. The number of hydrogen-bond acceptors (Lipinski definition) is 10. The van der Waals surface area contributed by atoms with Crippen molar-refractivity contribution in [2.24, 2.45) is 11.5 Å². The summed E-state index contributed by atoms with van der Waals surface area (Å²) in [6, 6.07) is -3.55. The summed E-state index contributed by atoms with van der Waals surface area (Å²) in [5.41, 5.74) is 11.2. The van der Waals surface area contributed by atoms with Crippen LogP contribution in [0.3, 0.4) is 0 Å². The molecule has 0 heterocycles. The first-order valence-corrected chi connectivity index (χ1v) is 13.6. The predicted octanol–water partition coefficient (Wildman–Crippen LogP) is -2.45. The third-order valence-corrected chi connectivity index (χ3v) is 7.83. The number of carbonyl (C=O) groups excluding carboxylic acids is 3. The number of carboxylic acid groups (broad SMARTS) is 2. The Morgan fingerprint density at radius 2 is 1.67 bits per heavy atom. The van der Waals surface area contributed by atoms with Gasteiger partial charge in [0.2, 0.25) is 16.9 Å². The van der Waals surface area contributed by atoms with Gasteiger partial charge in [-0.2, -0.15) is 11.8 Å². The Labute approximate surface area is 187 Å². The third-order valence-electron chi connectivity index (χ3n) is 3.69. The molecule has 0 rings (SSSR count). The highest BCUT2D eigenvalue weighted by Gasteiger charge is 2.30. The van der Waals surface area contributed by atoms with Crippen LogP contribution in [0.15, 0.2) is 0 Å². The molecule has 0 saturated carbocycles. The SMILES string of the molecule is CSCC[C@H](N)C(=O)S(=S)(=S)CC(NC(=O)CCC(N)C(=O)O)C(=O)NCC(=O)O.